The Labute approximate surface area is 68.3 Å². The van der Waals surface area contributed by atoms with Crippen molar-refractivity contribution in [3.63, 3.8) is 0 Å². The van der Waals surface area contributed by atoms with E-state index in [1.54, 1.807) is 21.0 Å². The summed E-state index contributed by atoms with van der Waals surface area (Å²) < 4.78 is 10.1. The van der Waals surface area contributed by atoms with Crippen LogP contribution in [0.25, 0.3) is 0 Å². The summed E-state index contributed by atoms with van der Waals surface area (Å²) in [5, 5.41) is 9.24. The van der Waals surface area contributed by atoms with Crippen molar-refractivity contribution in [1.29, 1.82) is 0 Å². The quantitative estimate of drug-likeness (QED) is 0.650. The van der Waals surface area contributed by atoms with Gasteiger partial charge in [0.05, 0.1) is 24.9 Å². The fourth-order valence-electron chi connectivity index (χ4n) is 0.543. The van der Waals surface area contributed by atoms with E-state index < -0.39 is 5.60 Å². The molecule has 0 heterocycles. The first-order valence-corrected chi connectivity index (χ1v) is 3.78. The van der Waals surface area contributed by atoms with Gasteiger partial charge in [-0.2, -0.15) is 0 Å². The Morgan fingerprint density at radius 1 is 1.45 bits per heavy atom. The van der Waals surface area contributed by atoms with Crippen LogP contribution in [0.3, 0.4) is 0 Å². The molecular weight excluding hydrogens is 144 g/mol. The van der Waals surface area contributed by atoms with Gasteiger partial charge in [-0.05, 0) is 20.8 Å². The van der Waals surface area contributed by atoms with Crippen molar-refractivity contribution in [3.05, 3.63) is 0 Å². The zero-order valence-corrected chi connectivity index (χ0v) is 7.76. The fourth-order valence-corrected chi connectivity index (χ4v) is 0.543. The molecular formula is C8H18O3. The molecule has 0 rings (SSSR count). The Bertz CT molecular complexity index is 96.0. The monoisotopic (exact) mass is 162 g/mol. The molecule has 11 heavy (non-hydrogen) atoms. The van der Waals surface area contributed by atoms with Gasteiger partial charge >= 0.3 is 0 Å². The molecule has 0 aromatic rings. The Morgan fingerprint density at radius 2 is 2.00 bits per heavy atom. The van der Waals surface area contributed by atoms with Gasteiger partial charge in [0.25, 0.3) is 0 Å². The highest BCUT2D eigenvalue weighted by Crippen LogP contribution is 2.01. The second kappa shape index (κ2) is 4.70. The number of methoxy groups -OCH3 is 1. The van der Waals surface area contributed by atoms with Crippen LogP contribution in [0.1, 0.15) is 20.8 Å². The largest absolute Gasteiger partial charge is 0.388 e. The first kappa shape index (κ1) is 10.9. The number of aliphatic hydroxyl groups is 1. The number of rotatable bonds is 5. The lowest BCUT2D eigenvalue weighted by Crippen LogP contribution is -2.28. The van der Waals surface area contributed by atoms with Gasteiger partial charge in [-0.1, -0.05) is 0 Å². The maximum absolute atomic E-state index is 9.24. The molecule has 3 nitrogen and oxygen atoms in total. The molecule has 0 aromatic carbocycles. The topological polar surface area (TPSA) is 38.7 Å². The third kappa shape index (κ3) is 7.78. The van der Waals surface area contributed by atoms with Crippen molar-refractivity contribution in [1.82, 2.24) is 0 Å². The van der Waals surface area contributed by atoms with E-state index >= 15 is 0 Å². The second-order valence-corrected chi connectivity index (χ2v) is 3.37. The van der Waals surface area contributed by atoms with Gasteiger partial charge in [0, 0.05) is 7.11 Å². The first-order valence-electron chi connectivity index (χ1n) is 3.78. The smallest absolute Gasteiger partial charge is 0.0824 e. The van der Waals surface area contributed by atoms with Crippen LogP contribution in [0.5, 0.6) is 0 Å². The fraction of sp³-hybridized carbons (Fsp3) is 1.00. The standard InChI is InChI=1S/C8H18O3/c1-7(10-4)5-11-6-8(2,3)9/h7,9H,5-6H2,1-4H3. The van der Waals surface area contributed by atoms with Crippen LogP contribution in [0.4, 0.5) is 0 Å². The van der Waals surface area contributed by atoms with Gasteiger partial charge in [-0.15, -0.1) is 0 Å². The molecule has 0 aliphatic heterocycles. The zero-order valence-electron chi connectivity index (χ0n) is 7.76. The Morgan fingerprint density at radius 3 is 2.36 bits per heavy atom. The predicted octanol–water partition coefficient (Wildman–Crippen LogP) is 0.809. The molecule has 0 aromatic heterocycles. The summed E-state index contributed by atoms with van der Waals surface area (Å²) in [7, 11) is 1.64. The zero-order chi connectivity index (χ0) is 8.91. The van der Waals surface area contributed by atoms with E-state index in [-0.39, 0.29) is 6.10 Å². The molecule has 0 saturated heterocycles. The van der Waals surface area contributed by atoms with Crippen LogP contribution >= 0.6 is 0 Å². The van der Waals surface area contributed by atoms with Crippen molar-refractivity contribution in [3.8, 4) is 0 Å². The molecule has 0 spiro atoms. The van der Waals surface area contributed by atoms with Gasteiger partial charge in [-0.3, -0.25) is 0 Å². The average Bonchev–Trinajstić information content (AvgIpc) is 1.85. The molecule has 0 amide bonds. The third-order valence-corrected chi connectivity index (χ3v) is 1.21. The molecule has 0 saturated carbocycles. The van der Waals surface area contributed by atoms with Gasteiger partial charge in [-0.25, -0.2) is 0 Å². The Balaban J connectivity index is 3.28. The van der Waals surface area contributed by atoms with E-state index in [0.29, 0.717) is 13.2 Å². The molecule has 3 heteroatoms. The predicted molar refractivity (Wildman–Crippen MR) is 43.6 cm³/mol. The number of hydrogen-bond donors (Lipinski definition) is 1. The van der Waals surface area contributed by atoms with Gasteiger partial charge in [0.1, 0.15) is 0 Å². The van der Waals surface area contributed by atoms with Gasteiger partial charge < -0.3 is 14.6 Å². The van der Waals surface area contributed by atoms with Crippen LogP contribution in [0, 0.1) is 0 Å². The molecule has 0 radical (unpaired) electrons. The van der Waals surface area contributed by atoms with E-state index in [1.807, 2.05) is 6.92 Å². The van der Waals surface area contributed by atoms with Crippen LogP contribution in [0.15, 0.2) is 0 Å². The van der Waals surface area contributed by atoms with Crippen LogP contribution in [-0.4, -0.2) is 37.1 Å². The van der Waals surface area contributed by atoms with Crippen molar-refractivity contribution >= 4 is 0 Å². The highest BCUT2D eigenvalue weighted by Gasteiger charge is 2.12. The number of ether oxygens (including phenoxy) is 2. The molecule has 68 valence electrons. The Hall–Kier alpha value is -0.120. The summed E-state index contributed by atoms with van der Waals surface area (Å²) >= 11 is 0. The lowest BCUT2D eigenvalue weighted by Gasteiger charge is -2.18. The highest BCUT2D eigenvalue weighted by molar-refractivity contribution is 4.63. The molecule has 1 N–H and O–H groups in total. The van der Waals surface area contributed by atoms with Crippen molar-refractivity contribution in [2.24, 2.45) is 0 Å². The summed E-state index contributed by atoms with van der Waals surface area (Å²) in [6.45, 7) is 6.22. The summed E-state index contributed by atoms with van der Waals surface area (Å²) in [5.41, 5.74) is -0.743. The maximum Gasteiger partial charge on any atom is 0.0824 e. The van der Waals surface area contributed by atoms with Crippen molar-refractivity contribution in [2.45, 2.75) is 32.5 Å². The van der Waals surface area contributed by atoms with Crippen LogP contribution in [0.2, 0.25) is 0 Å². The SMILES string of the molecule is COC(C)COCC(C)(C)O. The minimum atomic E-state index is -0.743. The van der Waals surface area contributed by atoms with E-state index in [4.69, 9.17) is 9.47 Å². The summed E-state index contributed by atoms with van der Waals surface area (Å²) in [5.74, 6) is 0. The average molecular weight is 162 g/mol. The van der Waals surface area contributed by atoms with E-state index in [2.05, 4.69) is 0 Å². The third-order valence-electron chi connectivity index (χ3n) is 1.21. The molecule has 1 atom stereocenters. The van der Waals surface area contributed by atoms with E-state index in [1.165, 1.54) is 0 Å². The summed E-state index contributed by atoms with van der Waals surface area (Å²) in [4.78, 5) is 0. The Kier molecular flexibility index (Phi) is 4.65. The first-order chi connectivity index (χ1) is 4.95. The summed E-state index contributed by atoms with van der Waals surface area (Å²) in [6.07, 6.45) is 0.0948. The minimum Gasteiger partial charge on any atom is -0.388 e. The molecule has 0 fully saturated rings. The second-order valence-electron chi connectivity index (χ2n) is 3.37. The molecule has 0 aliphatic carbocycles. The summed E-state index contributed by atoms with van der Waals surface area (Å²) in [6, 6.07) is 0. The maximum atomic E-state index is 9.24. The highest BCUT2D eigenvalue weighted by atomic mass is 16.5. The molecule has 0 bridgehead atoms. The van der Waals surface area contributed by atoms with Gasteiger partial charge in [0.15, 0.2) is 0 Å². The lowest BCUT2D eigenvalue weighted by atomic mass is 10.2. The van der Waals surface area contributed by atoms with E-state index in [9.17, 15) is 5.11 Å². The lowest BCUT2D eigenvalue weighted by molar-refractivity contribution is -0.0504. The normalized spacial score (nSPS) is 15.0. The van der Waals surface area contributed by atoms with Crippen molar-refractivity contribution in [2.75, 3.05) is 20.3 Å². The van der Waals surface area contributed by atoms with Gasteiger partial charge in [0.2, 0.25) is 0 Å². The number of hydrogen-bond acceptors (Lipinski definition) is 3. The molecule has 0 aliphatic rings. The van der Waals surface area contributed by atoms with E-state index in [0.717, 1.165) is 0 Å². The minimum absolute atomic E-state index is 0.0948. The van der Waals surface area contributed by atoms with Crippen molar-refractivity contribution < 1.29 is 14.6 Å². The van der Waals surface area contributed by atoms with Crippen LogP contribution < -0.4 is 0 Å². The van der Waals surface area contributed by atoms with Crippen LogP contribution in [-0.2, 0) is 9.47 Å². The molecule has 1 unspecified atom stereocenters.